The number of methoxy groups -OCH3 is 1. The van der Waals surface area contributed by atoms with Gasteiger partial charge < -0.3 is 14.4 Å². The summed E-state index contributed by atoms with van der Waals surface area (Å²) in [5.41, 5.74) is -0.100. The predicted molar refractivity (Wildman–Crippen MR) is 47.9 cm³/mol. The molecule has 0 aliphatic carbocycles. The van der Waals surface area contributed by atoms with E-state index < -0.39 is 16.2 Å². The zero-order valence-corrected chi connectivity index (χ0v) is 8.04. The van der Waals surface area contributed by atoms with Crippen molar-refractivity contribution in [3.63, 3.8) is 0 Å². The SMILES string of the molecule is COc1ccc(C(=O)S(=O)[O-])cc1O. The van der Waals surface area contributed by atoms with Crippen LogP contribution < -0.4 is 4.74 Å². The Balaban J connectivity index is 3.09. The number of phenols is 1. The second-order valence-corrected chi connectivity index (χ2v) is 3.25. The molecule has 14 heavy (non-hydrogen) atoms. The van der Waals surface area contributed by atoms with Crippen LogP contribution in [0.3, 0.4) is 0 Å². The average molecular weight is 215 g/mol. The lowest BCUT2D eigenvalue weighted by atomic mass is 10.2. The molecule has 1 rings (SSSR count). The highest BCUT2D eigenvalue weighted by Gasteiger charge is 2.09. The molecular formula is C8H7O5S-. The number of aromatic hydroxyl groups is 1. The molecule has 0 spiro atoms. The molecule has 1 atom stereocenters. The molecule has 1 unspecified atom stereocenters. The van der Waals surface area contributed by atoms with Gasteiger partial charge in [-0.2, -0.15) is 0 Å². The van der Waals surface area contributed by atoms with Crippen LogP contribution in [0.4, 0.5) is 0 Å². The third kappa shape index (κ3) is 2.09. The minimum Gasteiger partial charge on any atom is -0.766 e. The summed E-state index contributed by atoms with van der Waals surface area (Å²) in [5, 5.41) is 8.18. The maximum atomic E-state index is 10.9. The molecule has 0 aliphatic rings. The van der Waals surface area contributed by atoms with Gasteiger partial charge >= 0.3 is 0 Å². The van der Waals surface area contributed by atoms with Crippen molar-refractivity contribution in [1.82, 2.24) is 0 Å². The number of hydrogen-bond donors (Lipinski definition) is 1. The molecule has 6 heteroatoms. The Bertz CT molecular complexity index is 387. The fourth-order valence-electron chi connectivity index (χ4n) is 0.913. The summed E-state index contributed by atoms with van der Waals surface area (Å²) >= 11 is -2.82. The van der Waals surface area contributed by atoms with Gasteiger partial charge in [0.05, 0.1) is 7.11 Å². The highest BCUT2D eigenvalue weighted by molar-refractivity contribution is 7.95. The summed E-state index contributed by atoms with van der Waals surface area (Å²) in [4.78, 5) is 10.9. The van der Waals surface area contributed by atoms with Crippen LogP contribution in [-0.4, -0.2) is 26.1 Å². The van der Waals surface area contributed by atoms with Gasteiger partial charge in [0.2, 0.25) is 5.12 Å². The molecule has 5 nitrogen and oxygen atoms in total. The highest BCUT2D eigenvalue weighted by atomic mass is 32.2. The van der Waals surface area contributed by atoms with Gasteiger partial charge in [-0.15, -0.1) is 0 Å². The summed E-state index contributed by atoms with van der Waals surface area (Å²) in [6.07, 6.45) is 0. The zero-order valence-electron chi connectivity index (χ0n) is 7.22. The zero-order chi connectivity index (χ0) is 10.7. The fraction of sp³-hybridized carbons (Fsp3) is 0.125. The standard InChI is InChI=1S/C8H8O5S/c1-13-7-3-2-5(4-6(7)9)8(10)14(11)12/h2-4,9H,1H3,(H,11,12)/p-1. The van der Waals surface area contributed by atoms with Crippen molar-refractivity contribution in [3.8, 4) is 11.5 Å². The number of hydrogen-bond acceptors (Lipinski definition) is 5. The van der Waals surface area contributed by atoms with E-state index in [0.29, 0.717) is 0 Å². The van der Waals surface area contributed by atoms with Crippen molar-refractivity contribution < 1.29 is 23.4 Å². The van der Waals surface area contributed by atoms with Crippen LogP contribution in [0.1, 0.15) is 10.4 Å². The summed E-state index contributed by atoms with van der Waals surface area (Å²) in [7, 11) is 1.35. The molecule has 0 bridgehead atoms. The lowest BCUT2D eigenvalue weighted by Crippen LogP contribution is -2.06. The van der Waals surface area contributed by atoms with Gasteiger partial charge in [0, 0.05) is 16.6 Å². The Hall–Kier alpha value is -1.40. The first-order valence-corrected chi connectivity index (χ1v) is 4.64. The summed E-state index contributed by atoms with van der Waals surface area (Å²) in [6, 6.07) is 3.61. The summed E-state index contributed by atoms with van der Waals surface area (Å²) in [6.45, 7) is 0. The molecule has 1 aromatic carbocycles. The molecule has 76 valence electrons. The molecule has 0 amide bonds. The van der Waals surface area contributed by atoms with Gasteiger partial charge in [-0.3, -0.25) is 9.00 Å². The van der Waals surface area contributed by atoms with E-state index in [1.54, 1.807) is 0 Å². The molecular weight excluding hydrogens is 208 g/mol. The number of ether oxygens (including phenoxy) is 1. The molecule has 0 radical (unpaired) electrons. The average Bonchev–Trinajstić information content (AvgIpc) is 2.16. The minimum absolute atomic E-state index is 0.100. The van der Waals surface area contributed by atoms with Crippen LogP contribution in [0.25, 0.3) is 0 Å². The van der Waals surface area contributed by atoms with Crippen LogP contribution in [0.5, 0.6) is 11.5 Å². The molecule has 0 aliphatic heterocycles. The van der Waals surface area contributed by atoms with E-state index >= 15 is 0 Å². The van der Waals surface area contributed by atoms with E-state index in [-0.39, 0.29) is 17.1 Å². The largest absolute Gasteiger partial charge is 0.766 e. The molecule has 1 N–H and O–H groups in total. The monoisotopic (exact) mass is 215 g/mol. The Morgan fingerprint density at radius 2 is 2.21 bits per heavy atom. The second-order valence-electron chi connectivity index (χ2n) is 2.41. The number of rotatable bonds is 2. The predicted octanol–water partition coefficient (Wildman–Crippen LogP) is 0.420. The van der Waals surface area contributed by atoms with Gasteiger partial charge in [0.1, 0.15) is 0 Å². The first-order valence-electron chi connectivity index (χ1n) is 3.57. The number of phenolic OH excluding ortho intramolecular Hbond substituents is 1. The molecule has 0 saturated carbocycles. The van der Waals surface area contributed by atoms with Gasteiger partial charge in [-0.25, -0.2) is 0 Å². The molecule has 0 saturated heterocycles. The quantitative estimate of drug-likeness (QED) is 0.722. The first-order chi connectivity index (χ1) is 6.56. The van der Waals surface area contributed by atoms with Gasteiger partial charge in [0.15, 0.2) is 11.5 Å². The smallest absolute Gasteiger partial charge is 0.236 e. The number of carbonyl (C=O) groups excluding carboxylic acids is 1. The highest BCUT2D eigenvalue weighted by Crippen LogP contribution is 2.26. The van der Waals surface area contributed by atoms with Crippen LogP contribution in [0.2, 0.25) is 0 Å². The molecule has 0 fully saturated rings. The van der Waals surface area contributed by atoms with E-state index in [2.05, 4.69) is 0 Å². The van der Waals surface area contributed by atoms with Crippen molar-refractivity contribution in [2.75, 3.05) is 7.11 Å². The fourth-order valence-corrected chi connectivity index (χ4v) is 1.23. The van der Waals surface area contributed by atoms with Crippen molar-refractivity contribution in [3.05, 3.63) is 23.8 Å². The molecule has 0 heterocycles. The first kappa shape index (κ1) is 10.7. The molecule has 0 aromatic heterocycles. The maximum Gasteiger partial charge on any atom is 0.236 e. The number of carbonyl (C=O) groups is 1. The Labute approximate surface area is 82.6 Å². The Morgan fingerprint density at radius 1 is 1.57 bits per heavy atom. The second kappa shape index (κ2) is 4.21. The van der Waals surface area contributed by atoms with Gasteiger partial charge in [0.25, 0.3) is 0 Å². The van der Waals surface area contributed by atoms with E-state index in [4.69, 9.17) is 4.74 Å². The van der Waals surface area contributed by atoms with Crippen LogP contribution in [0.15, 0.2) is 18.2 Å². The van der Waals surface area contributed by atoms with E-state index in [1.807, 2.05) is 0 Å². The third-order valence-corrected chi connectivity index (χ3v) is 2.10. The Kier molecular flexibility index (Phi) is 3.21. The van der Waals surface area contributed by atoms with Crippen molar-refractivity contribution in [2.45, 2.75) is 0 Å². The van der Waals surface area contributed by atoms with Gasteiger partial charge in [-0.05, 0) is 18.2 Å². The van der Waals surface area contributed by atoms with Crippen molar-refractivity contribution in [1.29, 1.82) is 0 Å². The van der Waals surface area contributed by atoms with Crippen molar-refractivity contribution >= 4 is 16.2 Å². The normalized spacial score (nSPS) is 12.1. The van der Waals surface area contributed by atoms with E-state index in [0.717, 1.165) is 6.07 Å². The maximum absolute atomic E-state index is 10.9. The number of benzene rings is 1. The minimum atomic E-state index is -2.82. The Morgan fingerprint density at radius 3 is 2.64 bits per heavy atom. The topological polar surface area (TPSA) is 86.7 Å². The summed E-state index contributed by atoms with van der Waals surface area (Å²) < 4.78 is 25.3. The van der Waals surface area contributed by atoms with E-state index in [1.165, 1.54) is 19.2 Å². The summed E-state index contributed by atoms with van der Waals surface area (Å²) in [5.74, 6) is -0.0953. The van der Waals surface area contributed by atoms with Gasteiger partial charge in [-0.1, -0.05) is 0 Å². The van der Waals surface area contributed by atoms with Crippen molar-refractivity contribution in [2.24, 2.45) is 0 Å². The van der Waals surface area contributed by atoms with Crippen LogP contribution in [0, 0.1) is 0 Å². The molecule has 1 aromatic rings. The lowest BCUT2D eigenvalue weighted by molar-refractivity contribution is 0.107. The van der Waals surface area contributed by atoms with Crippen LogP contribution >= 0.6 is 0 Å². The van der Waals surface area contributed by atoms with Crippen LogP contribution in [-0.2, 0) is 11.1 Å². The third-order valence-electron chi connectivity index (χ3n) is 1.57. The lowest BCUT2D eigenvalue weighted by Gasteiger charge is -2.06. The van der Waals surface area contributed by atoms with E-state index in [9.17, 15) is 18.7 Å².